The van der Waals surface area contributed by atoms with Gasteiger partial charge in [0.05, 0.1) is 17.5 Å². The van der Waals surface area contributed by atoms with E-state index in [9.17, 15) is 4.79 Å². The first kappa shape index (κ1) is 19.1. The average Bonchev–Trinajstić information content (AvgIpc) is 3.38. The number of benzene rings is 2. The molecule has 0 bridgehead atoms. The molecule has 1 N–H and O–H groups in total. The number of amides is 1. The lowest BCUT2D eigenvalue weighted by molar-refractivity contribution is 0.102. The molecule has 154 valence electrons. The number of hydrogen-bond acceptors (Lipinski definition) is 3. The molecule has 0 aliphatic rings. The summed E-state index contributed by atoms with van der Waals surface area (Å²) in [6, 6.07) is 20.1. The van der Waals surface area contributed by atoms with Crippen LogP contribution in [0.15, 0.2) is 73.1 Å². The van der Waals surface area contributed by atoms with Gasteiger partial charge in [-0.15, -0.1) is 0 Å². The summed E-state index contributed by atoms with van der Waals surface area (Å²) < 4.78 is 4.02. The van der Waals surface area contributed by atoms with Crippen molar-refractivity contribution in [2.75, 3.05) is 5.32 Å². The number of nitrogens with zero attached hydrogens (tertiary/aromatic N) is 4. The van der Waals surface area contributed by atoms with E-state index in [-0.39, 0.29) is 5.91 Å². The summed E-state index contributed by atoms with van der Waals surface area (Å²) in [5.41, 5.74) is 4.53. The van der Waals surface area contributed by atoms with Crippen molar-refractivity contribution in [1.82, 2.24) is 19.3 Å². The zero-order valence-corrected chi connectivity index (χ0v) is 17.5. The van der Waals surface area contributed by atoms with Gasteiger partial charge in [-0.1, -0.05) is 31.2 Å². The van der Waals surface area contributed by atoms with Crippen LogP contribution in [0.4, 0.5) is 5.69 Å². The fraction of sp³-hybridized carbons (Fsp3) is 0.160. The molecular formula is C25H23N5O. The van der Waals surface area contributed by atoms with Crippen LogP contribution in [0.1, 0.15) is 29.9 Å². The Labute approximate surface area is 180 Å². The van der Waals surface area contributed by atoms with Crippen LogP contribution in [-0.2, 0) is 13.0 Å². The summed E-state index contributed by atoms with van der Waals surface area (Å²) in [6.07, 6.45) is 4.00. The van der Waals surface area contributed by atoms with Gasteiger partial charge in [0.15, 0.2) is 5.82 Å². The number of para-hydroxylation sites is 1. The number of nitrogens with one attached hydrogen (secondary N) is 1. The fourth-order valence-corrected chi connectivity index (χ4v) is 4.25. The molecule has 3 aromatic heterocycles. The second-order valence-corrected chi connectivity index (χ2v) is 7.41. The highest BCUT2D eigenvalue weighted by molar-refractivity contribution is 6.11. The van der Waals surface area contributed by atoms with Gasteiger partial charge >= 0.3 is 0 Å². The van der Waals surface area contributed by atoms with E-state index in [4.69, 9.17) is 0 Å². The van der Waals surface area contributed by atoms with Crippen molar-refractivity contribution in [2.24, 2.45) is 0 Å². The van der Waals surface area contributed by atoms with Crippen LogP contribution < -0.4 is 5.32 Å². The van der Waals surface area contributed by atoms with E-state index in [1.807, 2.05) is 37.3 Å². The number of carbonyl (C=O) groups excluding carboxylic acids is 1. The molecule has 2 aromatic carbocycles. The van der Waals surface area contributed by atoms with Gasteiger partial charge in [0, 0.05) is 40.2 Å². The minimum atomic E-state index is -0.169. The van der Waals surface area contributed by atoms with E-state index >= 15 is 0 Å². The quantitative estimate of drug-likeness (QED) is 0.433. The van der Waals surface area contributed by atoms with E-state index in [2.05, 4.69) is 57.2 Å². The summed E-state index contributed by atoms with van der Waals surface area (Å²) in [6.45, 7) is 5.05. The van der Waals surface area contributed by atoms with E-state index in [0.29, 0.717) is 17.8 Å². The Balaban J connectivity index is 1.51. The highest BCUT2D eigenvalue weighted by Crippen LogP contribution is 2.31. The lowest BCUT2D eigenvalue weighted by Gasteiger charge is -2.08. The summed E-state index contributed by atoms with van der Waals surface area (Å²) in [7, 11) is 0. The van der Waals surface area contributed by atoms with Crippen molar-refractivity contribution in [1.29, 1.82) is 0 Å². The molecule has 6 heteroatoms. The summed E-state index contributed by atoms with van der Waals surface area (Å²) in [5.74, 6) is 0.532. The van der Waals surface area contributed by atoms with E-state index in [1.165, 1.54) is 16.4 Å². The van der Waals surface area contributed by atoms with Crippen molar-refractivity contribution in [2.45, 2.75) is 26.8 Å². The number of anilines is 1. The van der Waals surface area contributed by atoms with Crippen LogP contribution in [0.3, 0.4) is 0 Å². The average molecular weight is 409 g/mol. The second-order valence-electron chi connectivity index (χ2n) is 7.41. The van der Waals surface area contributed by atoms with Crippen LogP contribution in [0.5, 0.6) is 0 Å². The molecule has 0 fully saturated rings. The molecule has 0 atom stereocenters. The van der Waals surface area contributed by atoms with Crippen molar-refractivity contribution in [3.63, 3.8) is 0 Å². The maximum Gasteiger partial charge on any atom is 0.259 e. The predicted octanol–water partition coefficient (Wildman–Crippen LogP) is 5.21. The summed E-state index contributed by atoms with van der Waals surface area (Å²) in [5, 5.41) is 9.80. The monoisotopic (exact) mass is 409 g/mol. The SMILES string of the molecule is CCc1c(C(=O)Nc2ccc3c(c2)c2ccccc2n3CC)cnn1-c1ccccn1. The van der Waals surface area contributed by atoms with Crippen LogP contribution in [-0.4, -0.2) is 25.2 Å². The van der Waals surface area contributed by atoms with Crippen LogP contribution in [0.25, 0.3) is 27.6 Å². The smallest absolute Gasteiger partial charge is 0.259 e. The third-order valence-electron chi connectivity index (χ3n) is 5.66. The minimum absolute atomic E-state index is 0.169. The number of pyridine rings is 1. The first-order valence-electron chi connectivity index (χ1n) is 10.5. The van der Waals surface area contributed by atoms with E-state index in [0.717, 1.165) is 23.3 Å². The third-order valence-corrected chi connectivity index (χ3v) is 5.66. The molecule has 0 spiro atoms. The maximum atomic E-state index is 13.1. The first-order chi connectivity index (χ1) is 15.2. The Morgan fingerprint density at radius 1 is 0.968 bits per heavy atom. The van der Waals surface area contributed by atoms with Crippen LogP contribution >= 0.6 is 0 Å². The molecule has 6 nitrogen and oxygen atoms in total. The molecule has 31 heavy (non-hydrogen) atoms. The second kappa shape index (κ2) is 7.72. The molecule has 0 saturated carbocycles. The largest absolute Gasteiger partial charge is 0.341 e. The van der Waals surface area contributed by atoms with Crippen molar-refractivity contribution < 1.29 is 4.79 Å². The Kier molecular flexibility index (Phi) is 4.75. The first-order valence-corrected chi connectivity index (χ1v) is 10.5. The van der Waals surface area contributed by atoms with E-state index < -0.39 is 0 Å². The summed E-state index contributed by atoms with van der Waals surface area (Å²) in [4.78, 5) is 17.5. The Morgan fingerprint density at radius 2 is 1.77 bits per heavy atom. The zero-order chi connectivity index (χ0) is 21.4. The summed E-state index contributed by atoms with van der Waals surface area (Å²) >= 11 is 0. The number of hydrogen-bond donors (Lipinski definition) is 1. The number of carbonyl (C=O) groups is 1. The van der Waals surface area contributed by atoms with Gasteiger partial charge in [0.25, 0.3) is 5.91 Å². The Hall–Kier alpha value is -3.93. The van der Waals surface area contributed by atoms with Crippen LogP contribution in [0.2, 0.25) is 0 Å². The maximum absolute atomic E-state index is 13.1. The standard InChI is InChI=1S/C25H23N5O/c1-3-21-20(16-27-30(21)24-11-7-8-14-26-24)25(31)28-17-12-13-23-19(15-17)18-9-5-6-10-22(18)29(23)4-2/h5-16H,3-4H2,1-2H3,(H,28,31). The van der Waals surface area contributed by atoms with Gasteiger partial charge in [-0.3, -0.25) is 4.79 Å². The van der Waals surface area contributed by atoms with Crippen molar-refractivity contribution >= 4 is 33.4 Å². The molecular weight excluding hydrogens is 386 g/mol. The topological polar surface area (TPSA) is 64.7 Å². The van der Waals surface area contributed by atoms with Crippen molar-refractivity contribution in [3.05, 3.63) is 84.3 Å². The van der Waals surface area contributed by atoms with Gasteiger partial charge in [-0.05, 0) is 49.7 Å². The highest BCUT2D eigenvalue weighted by Gasteiger charge is 2.18. The Morgan fingerprint density at radius 3 is 2.55 bits per heavy atom. The van der Waals surface area contributed by atoms with Gasteiger partial charge < -0.3 is 9.88 Å². The molecule has 5 rings (SSSR count). The number of rotatable bonds is 5. The lowest BCUT2D eigenvalue weighted by Crippen LogP contribution is -2.14. The molecule has 0 unspecified atom stereocenters. The normalized spacial score (nSPS) is 11.3. The number of aryl methyl sites for hydroxylation is 1. The van der Waals surface area contributed by atoms with Gasteiger partial charge in [0.2, 0.25) is 0 Å². The molecule has 0 saturated heterocycles. The Bertz CT molecular complexity index is 1400. The molecule has 5 aromatic rings. The molecule has 1 amide bonds. The zero-order valence-electron chi connectivity index (χ0n) is 17.5. The van der Waals surface area contributed by atoms with Gasteiger partial charge in [-0.25, -0.2) is 9.67 Å². The molecule has 3 heterocycles. The molecule has 0 aliphatic heterocycles. The van der Waals surface area contributed by atoms with Crippen molar-refractivity contribution in [3.8, 4) is 5.82 Å². The lowest BCUT2D eigenvalue weighted by atomic mass is 10.1. The van der Waals surface area contributed by atoms with E-state index in [1.54, 1.807) is 17.1 Å². The molecule has 0 aliphatic carbocycles. The fourth-order valence-electron chi connectivity index (χ4n) is 4.25. The highest BCUT2D eigenvalue weighted by atomic mass is 16.1. The van der Waals surface area contributed by atoms with Gasteiger partial charge in [0.1, 0.15) is 0 Å². The van der Waals surface area contributed by atoms with Gasteiger partial charge in [-0.2, -0.15) is 5.10 Å². The van der Waals surface area contributed by atoms with Crippen LogP contribution in [0, 0.1) is 0 Å². The number of aromatic nitrogens is 4. The molecule has 0 radical (unpaired) electrons. The minimum Gasteiger partial charge on any atom is -0.341 e. The predicted molar refractivity (Wildman–Crippen MR) is 124 cm³/mol. The third kappa shape index (κ3) is 3.17. The number of fused-ring (bicyclic) bond motifs is 3.